The normalized spacial score (nSPS) is 25.0. The van der Waals surface area contributed by atoms with Gasteiger partial charge in [0.1, 0.15) is 0 Å². The van der Waals surface area contributed by atoms with E-state index >= 15 is 0 Å². The lowest BCUT2D eigenvalue weighted by molar-refractivity contribution is 0.184. The minimum Gasteiger partial charge on any atom is -0.330 e. The molecule has 4 heteroatoms. The predicted octanol–water partition coefficient (Wildman–Crippen LogP) is 2.69. The first-order valence-electron chi connectivity index (χ1n) is 6.45. The number of likely N-dealkylation sites (tertiary alicyclic amines) is 1. The number of rotatable bonds is 3. The molecule has 0 aliphatic carbocycles. The van der Waals surface area contributed by atoms with Crippen molar-refractivity contribution in [2.24, 2.45) is 11.7 Å². The van der Waals surface area contributed by atoms with E-state index in [1.165, 1.54) is 12.1 Å². The molecule has 1 saturated heterocycles. The van der Waals surface area contributed by atoms with Crippen LogP contribution in [0, 0.1) is 17.6 Å². The molecule has 2 unspecified atom stereocenters. The van der Waals surface area contributed by atoms with Crippen molar-refractivity contribution >= 4 is 0 Å². The molecule has 2 rings (SSSR count). The van der Waals surface area contributed by atoms with Gasteiger partial charge in [-0.2, -0.15) is 0 Å². The number of benzene rings is 1. The van der Waals surface area contributed by atoms with Crippen LogP contribution >= 0.6 is 0 Å². The molecule has 1 fully saturated rings. The Balaban J connectivity index is 2.34. The van der Waals surface area contributed by atoms with Gasteiger partial charge in [0.05, 0.1) is 0 Å². The van der Waals surface area contributed by atoms with Gasteiger partial charge >= 0.3 is 0 Å². The van der Waals surface area contributed by atoms with Gasteiger partial charge in [-0.05, 0) is 57.0 Å². The first-order chi connectivity index (χ1) is 8.54. The zero-order valence-corrected chi connectivity index (χ0v) is 10.9. The van der Waals surface area contributed by atoms with E-state index in [-0.39, 0.29) is 6.04 Å². The summed E-state index contributed by atoms with van der Waals surface area (Å²) in [6.07, 6.45) is 1.01. The van der Waals surface area contributed by atoms with E-state index in [0.717, 1.165) is 18.5 Å². The van der Waals surface area contributed by atoms with Crippen LogP contribution in [0.15, 0.2) is 18.2 Å². The second-order valence-corrected chi connectivity index (χ2v) is 5.23. The van der Waals surface area contributed by atoms with Crippen LogP contribution in [0.3, 0.4) is 0 Å². The highest BCUT2D eigenvalue weighted by molar-refractivity contribution is 5.23. The molecule has 0 aromatic heterocycles. The Morgan fingerprint density at radius 2 is 2.06 bits per heavy atom. The number of nitrogens with two attached hydrogens (primary N) is 1. The molecule has 0 amide bonds. The van der Waals surface area contributed by atoms with E-state index in [9.17, 15) is 8.78 Å². The Hall–Kier alpha value is -1.00. The minimum absolute atomic E-state index is 0.102. The molecule has 2 nitrogen and oxygen atoms in total. The highest BCUT2D eigenvalue weighted by Gasteiger charge is 2.35. The van der Waals surface area contributed by atoms with Gasteiger partial charge in [0, 0.05) is 12.1 Å². The Morgan fingerprint density at radius 1 is 1.33 bits per heavy atom. The SMILES string of the molecule is CC(C)N1CCC(CN)C1c1ccc(F)c(F)c1. The molecule has 1 aromatic carbocycles. The molecule has 0 radical (unpaired) electrons. The van der Waals surface area contributed by atoms with Crippen LogP contribution in [0.4, 0.5) is 8.78 Å². The smallest absolute Gasteiger partial charge is 0.159 e. The van der Waals surface area contributed by atoms with Crippen molar-refractivity contribution in [2.75, 3.05) is 13.1 Å². The molecule has 2 atom stereocenters. The summed E-state index contributed by atoms with van der Waals surface area (Å²) in [5, 5.41) is 0. The standard InChI is InChI=1S/C14H20F2N2/c1-9(2)18-6-5-11(8-17)14(18)10-3-4-12(15)13(16)7-10/h3-4,7,9,11,14H,5-6,8,17H2,1-2H3. The van der Waals surface area contributed by atoms with Crippen molar-refractivity contribution < 1.29 is 8.78 Å². The molecule has 100 valence electrons. The first-order valence-corrected chi connectivity index (χ1v) is 6.45. The van der Waals surface area contributed by atoms with Crippen molar-refractivity contribution in [1.29, 1.82) is 0 Å². The largest absolute Gasteiger partial charge is 0.330 e. The average molecular weight is 254 g/mol. The molecule has 1 aliphatic rings. The van der Waals surface area contributed by atoms with E-state index in [1.54, 1.807) is 6.07 Å². The van der Waals surface area contributed by atoms with Crippen LogP contribution in [-0.2, 0) is 0 Å². The Bertz CT molecular complexity index is 420. The quantitative estimate of drug-likeness (QED) is 0.898. The van der Waals surface area contributed by atoms with Gasteiger partial charge in [0.15, 0.2) is 11.6 Å². The number of hydrogen-bond acceptors (Lipinski definition) is 2. The molecule has 0 spiro atoms. The molecule has 1 heterocycles. The van der Waals surface area contributed by atoms with E-state index in [4.69, 9.17) is 5.73 Å². The zero-order valence-electron chi connectivity index (χ0n) is 10.9. The highest BCUT2D eigenvalue weighted by atomic mass is 19.2. The monoisotopic (exact) mass is 254 g/mol. The number of halogens is 2. The Labute approximate surface area is 107 Å². The summed E-state index contributed by atoms with van der Waals surface area (Å²) in [6, 6.07) is 4.66. The van der Waals surface area contributed by atoms with Gasteiger partial charge in [0.2, 0.25) is 0 Å². The summed E-state index contributed by atoms with van der Waals surface area (Å²) in [6.45, 7) is 5.77. The average Bonchev–Trinajstić information content (AvgIpc) is 2.76. The summed E-state index contributed by atoms with van der Waals surface area (Å²) >= 11 is 0. The maximum Gasteiger partial charge on any atom is 0.159 e. The lowest BCUT2D eigenvalue weighted by atomic mass is 9.93. The molecule has 0 bridgehead atoms. The van der Waals surface area contributed by atoms with E-state index < -0.39 is 11.6 Å². The molecule has 1 aliphatic heterocycles. The Kier molecular flexibility index (Phi) is 3.97. The van der Waals surface area contributed by atoms with Crippen LogP contribution in [0.1, 0.15) is 31.9 Å². The molecule has 1 aromatic rings. The van der Waals surface area contributed by atoms with E-state index in [2.05, 4.69) is 18.7 Å². The van der Waals surface area contributed by atoms with Gasteiger partial charge in [-0.3, -0.25) is 4.90 Å². The van der Waals surface area contributed by atoms with Crippen molar-refractivity contribution in [2.45, 2.75) is 32.4 Å². The second-order valence-electron chi connectivity index (χ2n) is 5.23. The highest BCUT2D eigenvalue weighted by Crippen LogP contribution is 2.38. The molecule has 0 saturated carbocycles. The maximum atomic E-state index is 13.4. The summed E-state index contributed by atoms with van der Waals surface area (Å²) < 4.78 is 26.4. The van der Waals surface area contributed by atoms with Gasteiger partial charge < -0.3 is 5.73 Å². The third-order valence-electron chi connectivity index (χ3n) is 3.81. The van der Waals surface area contributed by atoms with Gasteiger partial charge in [-0.1, -0.05) is 6.07 Å². The third-order valence-corrected chi connectivity index (χ3v) is 3.81. The molecular weight excluding hydrogens is 234 g/mol. The number of hydrogen-bond donors (Lipinski definition) is 1. The summed E-state index contributed by atoms with van der Waals surface area (Å²) in [4.78, 5) is 2.31. The molecule has 18 heavy (non-hydrogen) atoms. The van der Waals surface area contributed by atoms with Gasteiger partial charge in [-0.15, -0.1) is 0 Å². The number of nitrogens with zero attached hydrogens (tertiary/aromatic N) is 1. The van der Waals surface area contributed by atoms with E-state index in [0.29, 0.717) is 18.5 Å². The fraction of sp³-hybridized carbons (Fsp3) is 0.571. The fourth-order valence-corrected chi connectivity index (χ4v) is 2.87. The topological polar surface area (TPSA) is 29.3 Å². The molecule has 2 N–H and O–H groups in total. The summed E-state index contributed by atoms with van der Waals surface area (Å²) in [7, 11) is 0. The lowest BCUT2D eigenvalue weighted by Crippen LogP contribution is -2.33. The third kappa shape index (κ3) is 2.40. The predicted molar refractivity (Wildman–Crippen MR) is 68.1 cm³/mol. The van der Waals surface area contributed by atoms with Gasteiger partial charge in [0.25, 0.3) is 0 Å². The molecular formula is C14H20F2N2. The van der Waals surface area contributed by atoms with Crippen molar-refractivity contribution in [3.05, 3.63) is 35.4 Å². The van der Waals surface area contributed by atoms with Crippen LogP contribution in [0.2, 0.25) is 0 Å². The van der Waals surface area contributed by atoms with Crippen LogP contribution < -0.4 is 5.73 Å². The zero-order chi connectivity index (χ0) is 13.3. The maximum absolute atomic E-state index is 13.4. The van der Waals surface area contributed by atoms with Gasteiger partial charge in [-0.25, -0.2) is 8.78 Å². The lowest BCUT2D eigenvalue weighted by Gasteiger charge is -2.31. The summed E-state index contributed by atoms with van der Waals surface area (Å²) in [5.41, 5.74) is 6.63. The van der Waals surface area contributed by atoms with Crippen LogP contribution in [0.5, 0.6) is 0 Å². The van der Waals surface area contributed by atoms with E-state index in [1.807, 2.05) is 0 Å². The fourth-order valence-electron chi connectivity index (χ4n) is 2.87. The van der Waals surface area contributed by atoms with Crippen molar-refractivity contribution in [3.8, 4) is 0 Å². The summed E-state index contributed by atoms with van der Waals surface area (Å²) in [5.74, 6) is -1.26. The first kappa shape index (κ1) is 13.4. The second kappa shape index (κ2) is 5.33. The Morgan fingerprint density at radius 3 is 2.61 bits per heavy atom. The van der Waals surface area contributed by atoms with Crippen molar-refractivity contribution in [1.82, 2.24) is 4.90 Å². The minimum atomic E-state index is -0.794. The van der Waals surface area contributed by atoms with Crippen LogP contribution in [0.25, 0.3) is 0 Å². The van der Waals surface area contributed by atoms with Crippen LogP contribution in [-0.4, -0.2) is 24.0 Å². The van der Waals surface area contributed by atoms with Crippen molar-refractivity contribution in [3.63, 3.8) is 0 Å².